The smallest absolute Gasteiger partial charge is 0.410 e. The number of ether oxygens (including phenoxy) is 1. The Kier molecular flexibility index (Phi) is 6.63. The minimum absolute atomic E-state index is 0.0724. The summed E-state index contributed by atoms with van der Waals surface area (Å²) in [6.45, 7) is 2.20. The molecule has 0 bridgehead atoms. The topological polar surface area (TPSA) is 56.3 Å². The van der Waals surface area contributed by atoms with Gasteiger partial charge in [-0.25, -0.2) is 18.4 Å². The third-order valence-corrected chi connectivity index (χ3v) is 8.71. The summed E-state index contributed by atoms with van der Waals surface area (Å²) in [6.07, 6.45) is 5.40. The van der Waals surface area contributed by atoms with Crippen LogP contribution in [0.15, 0.2) is 18.2 Å². The molecule has 192 valence electrons. The molecule has 3 heterocycles. The summed E-state index contributed by atoms with van der Waals surface area (Å²) >= 11 is 0. The molecule has 3 aliphatic heterocycles. The molecule has 3 amide bonds. The zero-order valence-electron chi connectivity index (χ0n) is 20.7. The zero-order valence-corrected chi connectivity index (χ0v) is 20.7. The van der Waals surface area contributed by atoms with Crippen molar-refractivity contribution in [2.45, 2.75) is 56.0 Å². The molecule has 1 aliphatic carbocycles. The van der Waals surface area contributed by atoms with E-state index < -0.39 is 6.67 Å². The summed E-state index contributed by atoms with van der Waals surface area (Å²) in [5.41, 5.74) is 1.55. The molecule has 3 unspecified atom stereocenters. The van der Waals surface area contributed by atoms with Gasteiger partial charge in [0, 0.05) is 50.4 Å². The second-order valence-electron chi connectivity index (χ2n) is 10.8. The standard InChI is InChI=1S/C26H36F2N4O3/c1-29(2)24(33)32-17-26(21-15-19(28)5-6-22(21)32)7-11-30(12-8-26)20-14-18-4-3-10-31(23(18)16-20)25(34)35-13-9-27/h5-6,15,18,20,23H,3-4,7-14,16-17H2,1-2H3. The Balaban J connectivity index is 1.27. The molecule has 1 saturated carbocycles. The molecular formula is C26H36F2N4O3. The van der Waals surface area contributed by atoms with Crippen molar-refractivity contribution in [3.05, 3.63) is 29.6 Å². The zero-order chi connectivity index (χ0) is 24.7. The summed E-state index contributed by atoms with van der Waals surface area (Å²) in [5, 5.41) is 0. The molecule has 7 nitrogen and oxygen atoms in total. The summed E-state index contributed by atoms with van der Waals surface area (Å²) in [7, 11) is 3.49. The number of piperidine rings is 2. The van der Waals surface area contributed by atoms with Gasteiger partial charge in [0.05, 0.1) is 0 Å². The monoisotopic (exact) mass is 490 g/mol. The number of fused-ring (bicyclic) bond motifs is 3. The molecule has 2 saturated heterocycles. The number of nitrogens with zero attached hydrogens (tertiary/aromatic N) is 4. The van der Waals surface area contributed by atoms with E-state index >= 15 is 0 Å². The fourth-order valence-electron chi connectivity index (χ4n) is 6.99. The van der Waals surface area contributed by atoms with E-state index in [1.165, 1.54) is 6.07 Å². The Bertz CT molecular complexity index is 966. The maximum atomic E-state index is 14.3. The number of rotatable bonds is 3. The molecular weight excluding hydrogens is 454 g/mol. The minimum Gasteiger partial charge on any atom is -0.447 e. The van der Waals surface area contributed by atoms with Gasteiger partial charge in [0.15, 0.2) is 0 Å². The molecule has 4 aliphatic rings. The van der Waals surface area contributed by atoms with Crippen molar-refractivity contribution in [2.24, 2.45) is 5.92 Å². The highest BCUT2D eigenvalue weighted by Gasteiger charge is 2.49. The second kappa shape index (κ2) is 9.56. The number of urea groups is 1. The van der Waals surface area contributed by atoms with E-state index in [0.29, 0.717) is 25.0 Å². The van der Waals surface area contributed by atoms with Crippen LogP contribution in [0.3, 0.4) is 0 Å². The maximum absolute atomic E-state index is 14.3. The Morgan fingerprint density at radius 2 is 1.94 bits per heavy atom. The Labute approximate surface area is 206 Å². The number of alkyl halides is 1. The number of benzene rings is 1. The number of amides is 3. The molecule has 0 aromatic heterocycles. The van der Waals surface area contributed by atoms with Crippen molar-refractivity contribution in [1.29, 1.82) is 0 Å². The molecule has 3 atom stereocenters. The maximum Gasteiger partial charge on any atom is 0.410 e. The Morgan fingerprint density at radius 1 is 1.17 bits per heavy atom. The number of carbonyl (C=O) groups is 2. The number of likely N-dealkylation sites (tertiary alicyclic amines) is 2. The minimum atomic E-state index is -0.656. The predicted octanol–water partition coefficient (Wildman–Crippen LogP) is 4.01. The van der Waals surface area contributed by atoms with Crippen molar-refractivity contribution in [1.82, 2.24) is 14.7 Å². The van der Waals surface area contributed by atoms with Crippen LogP contribution in [0.2, 0.25) is 0 Å². The van der Waals surface area contributed by atoms with Gasteiger partial charge in [0.1, 0.15) is 19.1 Å². The van der Waals surface area contributed by atoms with Crippen LogP contribution in [-0.4, -0.2) is 92.5 Å². The molecule has 5 rings (SSSR count). The van der Waals surface area contributed by atoms with Gasteiger partial charge in [-0.2, -0.15) is 0 Å². The lowest BCUT2D eigenvalue weighted by Gasteiger charge is -2.42. The third kappa shape index (κ3) is 4.36. The van der Waals surface area contributed by atoms with Crippen LogP contribution in [0.4, 0.5) is 24.1 Å². The first-order valence-corrected chi connectivity index (χ1v) is 12.9. The summed E-state index contributed by atoms with van der Waals surface area (Å²) in [5.74, 6) is 0.196. The van der Waals surface area contributed by atoms with Crippen LogP contribution in [0.25, 0.3) is 0 Å². The number of carbonyl (C=O) groups excluding carboxylic acids is 2. The highest BCUT2D eigenvalue weighted by molar-refractivity contribution is 5.95. The van der Waals surface area contributed by atoms with Crippen LogP contribution in [0, 0.1) is 11.7 Å². The van der Waals surface area contributed by atoms with E-state index in [2.05, 4.69) is 4.90 Å². The second-order valence-corrected chi connectivity index (χ2v) is 10.8. The van der Waals surface area contributed by atoms with Gasteiger partial charge < -0.3 is 19.4 Å². The summed E-state index contributed by atoms with van der Waals surface area (Å²) < 4.78 is 31.9. The normalized spacial score (nSPS) is 27.6. The van der Waals surface area contributed by atoms with Gasteiger partial charge in [-0.1, -0.05) is 0 Å². The Morgan fingerprint density at radius 3 is 2.66 bits per heavy atom. The quantitative estimate of drug-likeness (QED) is 0.643. The molecule has 3 fully saturated rings. The predicted molar refractivity (Wildman–Crippen MR) is 129 cm³/mol. The number of halogens is 2. The lowest BCUT2D eigenvalue weighted by molar-refractivity contribution is 0.0569. The van der Waals surface area contributed by atoms with E-state index in [-0.39, 0.29) is 36.0 Å². The van der Waals surface area contributed by atoms with Gasteiger partial charge >= 0.3 is 12.1 Å². The van der Waals surface area contributed by atoms with Gasteiger partial charge in [-0.15, -0.1) is 0 Å². The third-order valence-electron chi connectivity index (χ3n) is 8.71. The van der Waals surface area contributed by atoms with Crippen molar-refractivity contribution in [3.8, 4) is 0 Å². The SMILES string of the molecule is CN(C)C(=O)N1CC2(CCN(C3CC4CCCN(C(=O)OCCF)C4C3)CC2)c2cc(F)ccc21. The molecule has 1 aromatic rings. The molecule has 35 heavy (non-hydrogen) atoms. The van der Waals surface area contributed by atoms with Crippen molar-refractivity contribution < 1.29 is 23.1 Å². The number of hydrogen-bond donors (Lipinski definition) is 0. The van der Waals surface area contributed by atoms with Crippen molar-refractivity contribution in [3.63, 3.8) is 0 Å². The molecule has 1 spiro atoms. The van der Waals surface area contributed by atoms with E-state index in [9.17, 15) is 18.4 Å². The van der Waals surface area contributed by atoms with Gasteiger partial charge in [-0.05, 0) is 81.3 Å². The molecule has 0 radical (unpaired) electrons. The first kappa shape index (κ1) is 24.3. The fraction of sp³-hybridized carbons (Fsp3) is 0.692. The van der Waals surface area contributed by atoms with E-state index in [1.54, 1.807) is 36.0 Å². The first-order chi connectivity index (χ1) is 16.8. The van der Waals surface area contributed by atoms with Crippen LogP contribution in [0.1, 0.15) is 44.1 Å². The number of anilines is 1. The van der Waals surface area contributed by atoms with Crippen LogP contribution < -0.4 is 4.90 Å². The van der Waals surface area contributed by atoms with E-state index in [1.807, 2.05) is 4.90 Å². The van der Waals surface area contributed by atoms with Crippen molar-refractivity contribution in [2.75, 3.05) is 58.5 Å². The first-order valence-electron chi connectivity index (χ1n) is 12.9. The fourth-order valence-corrected chi connectivity index (χ4v) is 6.99. The van der Waals surface area contributed by atoms with Crippen LogP contribution in [-0.2, 0) is 10.2 Å². The average molecular weight is 491 g/mol. The van der Waals surface area contributed by atoms with Gasteiger partial charge in [0.25, 0.3) is 0 Å². The van der Waals surface area contributed by atoms with E-state index in [4.69, 9.17) is 4.74 Å². The molecule has 1 aromatic carbocycles. The lowest BCUT2D eigenvalue weighted by Crippen LogP contribution is -2.50. The Hall–Kier alpha value is -2.42. The molecule has 9 heteroatoms. The molecule has 0 N–H and O–H groups in total. The van der Waals surface area contributed by atoms with E-state index in [0.717, 1.165) is 62.9 Å². The van der Waals surface area contributed by atoms with Crippen LogP contribution in [0.5, 0.6) is 0 Å². The largest absolute Gasteiger partial charge is 0.447 e. The number of hydrogen-bond acceptors (Lipinski definition) is 4. The summed E-state index contributed by atoms with van der Waals surface area (Å²) in [4.78, 5) is 33.1. The van der Waals surface area contributed by atoms with Crippen molar-refractivity contribution >= 4 is 17.8 Å². The lowest BCUT2D eigenvalue weighted by atomic mass is 9.74. The summed E-state index contributed by atoms with van der Waals surface area (Å²) in [6, 6.07) is 5.28. The van der Waals surface area contributed by atoms with Gasteiger partial charge in [0.2, 0.25) is 0 Å². The highest BCUT2D eigenvalue weighted by atomic mass is 19.1. The van der Waals surface area contributed by atoms with Gasteiger partial charge in [-0.3, -0.25) is 4.90 Å². The van der Waals surface area contributed by atoms with Crippen LogP contribution >= 0.6 is 0 Å². The average Bonchev–Trinajstić information content (AvgIpc) is 3.42. The highest BCUT2D eigenvalue weighted by Crippen LogP contribution is 2.49.